The van der Waals surface area contributed by atoms with Gasteiger partial charge in [-0.05, 0) is 70.6 Å². The normalized spacial score (nSPS) is 17.2. The minimum Gasteiger partial charge on any atom is -0.507 e. The SMILES string of the molecule is CCCOc1cccc(C2/C(=C(\O)c3c(C)[nH]c(C(=O)OC)c3C)C(=O)C(=O)N2CCCN(C)C)c1. The van der Waals surface area contributed by atoms with Crippen molar-refractivity contribution in [2.24, 2.45) is 0 Å². The molecule has 1 aliphatic heterocycles. The number of carbonyl (C=O) groups excluding carboxylic acids is 3. The molecule has 194 valence electrons. The summed E-state index contributed by atoms with van der Waals surface area (Å²) in [5, 5.41) is 11.5. The van der Waals surface area contributed by atoms with Crippen molar-refractivity contribution in [3.63, 3.8) is 0 Å². The second-order valence-electron chi connectivity index (χ2n) is 9.19. The van der Waals surface area contributed by atoms with Crippen LogP contribution < -0.4 is 4.74 Å². The number of H-pyrrole nitrogens is 1. The number of ketones is 1. The molecule has 2 heterocycles. The highest BCUT2D eigenvalue weighted by atomic mass is 16.5. The van der Waals surface area contributed by atoms with E-state index in [9.17, 15) is 19.5 Å². The summed E-state index contributed by atoms with van der Waals surface area (Å²) in [6.45, 7) is 6.96. The van der Waals surface area contributed by atoms with Crippen molar-refractivity contribution in [2.45, 2.75) is 39.7 Å². The van der Waals surface area contributed by atoms with Crippen LogP contribution in [0, 0.1) is 13.8 Å². The van der Waals surface area contributed by atoms with E-state index >= 15 is 0 Å². The Labute approximate surface area is 211 Å². The number of hydrogen-bond donors (Lipinski definition) is 2. The van der Waals surface area contributed by atoms with E-state index in [4.69, 9.17) is 9.47 Å². The van der Waals surface area contributed by atoms with E-state index < -0.39 is 23.7 Å². The minimum absolute atomic E-state index is 0.0147. The minimum atomic E-state index is -0.799. The van der Waals surface area contributed by atoms with Crippen LogP contribution in [0.5, 0.6) is 5.75 Å². The fraction of sp³-hybridized carbons (Fsp3) is 0.444. The lowest BCUT2D eigenvalue weighted by molar-refractivity contribution is -0.139. The molecule has 0 aliphatic carbocycles. The fourth-order valence-corrected chi connectivity index (χ4v) is 4.55. The van der Waals surface area contributed by atoms with Gasteiger partial charge in [-0.3, -0.25) is 9.59 Å². The van der Waals surface area contributed by atoms with Gasteiger partial charge in [0.15, 0.2) is 0 Å². The van der Waals surface area contributed by atoms with E-state index in [1.807, 2.05) is 44.1 Å². The Morgan fingerprint density at radius 3 is 2.58 bits per heavy atom. The number of Topliss-reactive ketones (excluding diaryl/α,β-unsaturated/α-hetero) is 1. The Kier molecular flexibility index (Phi) is 8.57. The number of rotatable bonds is 10. The molecule has 1 aromatic heterocycles. The summed E-state index contributed by atoms with van der Waals surface area (Å²) in [5.74, 6) is -1.72. The van der Waals surface area contributed by atoms with Crippen molar-refractivity contribution in [3.8, 4) is 5.75 Å². The van der Waals surface area contributed by atoms with Gasteiger partial charge in [-0.2, -0.15) is 0 Å². The van der Waals surface area contributed by atoms with E-state index in [1.54, 1.807) is 19.9 Å². The van der Waals surface area contributed by atoms with Crippen molar-refractivity contribution in [1.29, 1.82) is 0 Å². The Hall–Kier alpha value is -3.59. The molecule has 9 heteroatoms. The first-order valence-corrected chi connectivity index (χ1v) is 12.1. The van der Waals surface area contributed by atoms with Crippen molar-refractivity contribution in [3.05, 3.63) is 57.9 Å². The van der Waals surface area contributed by atoms with E-state index in [0.29, 0.717) is 47.7 Å². The number of nitrogens with zero attached hydrogens (tertiary/aromatic N) is 2. The Bertz CT molecular complexity index is 1180. The molecule has 1 saturated heterocycles. The highest BCUT2D eigenvalue weighted by Crippen LogP contribution is 2.41. The topological polar surface area (TPSA) is 112 Å². The molecule has 1 aliphatic rings. The van der Waals surface area contributed by atoms with Crippen molar-refractivity contribution >= 4 is 23.4 Å². The number of likely N-dealkylation sites (tertiary alicyclic amines) is 1. The molecule has 0 bridgehead atoms. The molecule has 2 aromatic rings. The van der Waals surface area contributed by atoms with Crippen molar-refractivity contribution in [2.75, 3.05) is 40.9 Å². The van der Waals surface area contributed by atoms with Crippen LogP contribution in [0.1, 0.15) is 58.7 Å². The number of aliphatic hydroxyl groups excluding tert-OH is 1. The van der Waals surface area contributed by atoms with E-state index in [2.05, 4.69) is 4.98 Å². The zero-order valence-corrected chi connectivity index (χ0v) is 21.8. The maximum atomic E-state index is 13.3. The molecule has 9 nitrogen and oxygen atoms in total. The van der Waals surface area contributed by atoms with Crippen LogP contribution in [0.15, 0.2) is 29.8 Å². The van der Waals surface area contributed by atoms with Gasteiger partial charge >= 0.3 is 5.97 Å². The number of hydrogen-bond acceptors (Lipinski definition) is 7. The van der Waals surface area contributed by atoms with E-state index in [0.717, 1.165) is 13.0 Å². The second kappa shape index (κ2) is 11.4. The molecule has 1 amide bonds. The van der Waals surface area contributed by atoms with Gasteiger partial charge in [0.05, 0.1) is 25.3 Å². The van der Waals surface area contributed by atoms with Gasteiger partial charge in [-0.1, -0.05) is 19.1 Å². The molecule has 3 rings (SSSR count). The Morgan fingerprint density at radius 2 is 1.94 bits per heavy atom. The smallest absolute Gasteiger partial charge is 0.354 e. The first kappa shape index (κ1) is 27.0. The van der Waals surface area contributed by atoms with Gasteiger partial charge in [0.25, 0.3) is 11.7 Å². The zero-order chi connectivity index (χ0) is 26.6. The quantitative estimate of drug-likeness (QED) is 0.223. The number of methoxy groups -OCH3 is 1. The van der Waals surface area contributed by atoms with Crippen LogP contribution in [-0.4, -0.2) is 78.5 Å². The maximum absolute atomic E-state index is 13.3. The second-order valence-corrected chi connectivity index (χ2v) is 9.19. The molecular weight excluding hydrogens is 462 g/mol. The monoisotopic (exact) mass is 497 g/mol. The number of esters is 1. The predicted molar refractivity (Wildman–Crippen MR) is 136 cm³/mol. The molecular formula is C27H35N3O6. The highest BCUT2D eigenvalue weighted by Gasteiger charge is 2.46. The van der Waals surface area contributed by atoms with Gasteiger partial charge in [-0.15, -0.1) is 0 Å². The van der Waals surface area contributed by atoms with Gasteiger partial charge < -0.3 is 29.4 Å². The van der Waals surface area contributed by atoms with Crippen LogP contribution in [0.2, 0.25) is 0 Å². The molecule has 0 spiro atoms. The number of ether oxygens (including phenoxy) is 2. The first-order valence-electron chi connectivity index (χ1n) is 12.1. The van der Waals surface area contributed by atoms with Crippen LogP contribution in [-0.2, 0) is 14.3 Å². The average molecular weight is 498 g/mol. The standard InChI is InChI=1S/C27H35N3O6/c1-7-14-36-19-11-8-10-18(15-19)23-21(25(32)26(33)30(23)13-9-12-29(4)5)24(31)20-16(2)22(27(34)35-6)28-17(20)3/h8,10-11,15,23,28,31H,7,9,12-14H2,1-6H3/b24-21+. The lowest BCUT2D eigenvalue weighted by Gasteiger charge is -2.26. The molecule has 0 radical (unpaired) electrons. The van der Waals surface area contributed by atoms with Gasteiger partial charge in [-0.25, -0.2) is 4.79 Å². The third kappa shape index (κ3) is 5.31. The lowest BCUT2D eigenvalue weighted by atomic mass is 9.94. The third-order valence-electron chi connectivity index (χ3n) is 6.25. The van der Waals surface area contributed by atoms with E-state index in [1.165, 1.54) is 12.0 Å². The largest absolute Gasteiger partial charge is 0.507 e. The summed E-state index contributed by atoms with van der Waals surface area (Å²) in [5.41, 5.74) is 2.07. The molecule has 1 unspecified atom stereocenters. The molecule has 0 saturated carbocycles. The number of nitrogens with one attached hydrogen (secondary N) is 1. The molecule has 36 heavy (non-hydrogen) atoms. The van der Waals surface area contributed by atoms with Crippen LogP contribution in [0.3, 0.4) is 0 Å². The average Bonchev–Trinajstić information content (AvgIpc) is 3.29. The highest BCUT2D eigenvalue weighted by molar-refractivity contribution is 6.46. The molecule has 1 atom stereocenters. The summed E-state index contributed by atoms with van der Waals surface area (Å²) in [6, 6.07) is 6.45. The summed E-state index contributed by atoms with van der Waals surface area (Å²) in [7, 11) is 5.15. The third-order valence-corrected chi connectivity index (χ3v) is 6.25. The van der Waals surface area contributed by atoms with Crippen LogP contribution in [0.25, 0.3) is 5.76 Å². The van der Waals surface area contributed by atoms with Crippen molar-refractivity contribution in [1.82, 2.24) is 14.8 Å². The van der Waals surface area contributed by atoms with Crippen LogP contribution >= 0.6 is 0 Å². The first-order chi connectivity index (χ1) is 17.1. The summed E-state index contributed by atoms with van der Waals surface area (Å²) in [6.07, 6.45) is 1.49. The van der Waals surface area contributed by atoms with Gasteiger partial charge in [0.2, 0.25) is 0 Å². The molecule has 1 fully saturated rings. The van der Waals surface area contributed by atoms with Crippen LogP contribution in [0.4, 0.5) is 0 Å². The Morgan fingerprint density at radius 1 is 1.22 bits per heavy atom. The Balaban J connectivity index is 2.17. The number of benzene rings is 1. The number of aryl methyl sites for hydroxylation is 1. The summed E-state index contributed by atoms with van der Waals surface area (Å²) >= 11 is 0. The van der Waals surface area contributed by atoms with E-state index in [-0.39, 0.29) is 17.0 Å². The van der Waals surface area contributed by atoms with Gasteiger partial charge in [0, 0.05) is 17.8 Å². The lowest BCUT2D eigenvalue weighted by Crippen LogP contribution is -2.32. The molecule has 2 N–H and O–H groups in total. The number of amides is 1. The zero-order valence-electron chi connectivity index (χ0n) is 21.8. The number of aliphatic hydroxyl groups is 1. The summed E-state index contributed by atoms with van der Waals surface area (Å²) in [4.78, 5) is 45.2. The fourth-order valence-electron chi connectivity index (χ4n) is 4.55. The molecule has 1 aromatic carbocycles. The number of aromatic amines is 1. The van der Waals surface area contributed by atoms with Gasteiger partial charge in [0.1, 0.15) is 17.2 Å². The van der Waals surface area contributed by atoms with Crippen molar-refractivity contribution < 1.29 is 29.0 Å². The predicted octanol–water partition coefficient (Wildman–Crippen LogP) is 3.58. The number of carbonyl (C=O) groups is 3. The summed E-state index contributed by atoms with van der Waals surface area (Å²) < 4.78 is 10.6. The maximum Gasteiger partial charge on any atom is 0.354 e. The number of aromatic nitrogens is 1.